The van der Waals surface area contributed by atoms with Crippen LogP contribution in [-0.2, 0) is 0 Å². The summed E-state index contributed by atoms with van der Waals surface area (Å²) in [5, 5.41) is 0.665. The summed E-state index contributed by atoms with van der Waals surface area (Å²) in [4.78, 5) is 8.00. The molecule has 1 heterocycles. The maximum Gasteiger partial charge on any atom is 0.220 e. The Kier molecular flexibility index (Phi) is 3.15. The van der Waals surface area contributed by atoms with E-state index in [-0.39, 0.29) is 5.95 Å². The third-order valence-corrected chi connectivity index (χ3v) is 2.84. The van der Waals surface area contributed by atoms with E-state index in [1.807, 2.05) is 19.1 Å². The molecule has 1 aromatic carbocycles. The van der Waals surface area contributed by atoms with E-state index in [1.165, 1.54) is 0 Å². The summed E-state index contributed by atoms with van der Waals surface area (Å²) in [7, 11) is 1.61. The first kappa shape index (κ1) is 11.7. The van der Waals surface area contributed by atoms with Gasteiger partial charge in [-0.1, -0.05) is 11.6 Å². The molecule has 0 radical (unpaired) electrons. The molecule has 0 unspecified atom stereocenters. The van der Waals surface area contributed by atoms with Gasteiger partial charge in [-0.2, -0.15) is 0 Å². The average molecular weight is 250 g/mol. The van der Waals surface area contributed by atoms with Crippen LogP contribution in [0.15, 0.2) is 24.4 Å². The van der Waals surface area contributed by atoms with Crippen molar-refractivity contribution in [3.05, 3.63) is 35.0 Å². The van der Waals surface area contributed by atoms with Crippen molar-refractivity contribution in [2.45, 2.75) is 6.92 Å². The molecular formula is C12H12ClN3O. The average Bonchev–Trinajstić information content (AvgIpc) is 2.32. The number of hydrogen-bond donors (Lipinski definition) is 1. The Morgan fingerprint density at radius 2 is 2.12 bits per heavy atom. The fraction of sp³-hybridized carbons (Fsp3) is 0.167. The van der Waals surface area contributed by atoms with Crippen LogP contribution in [0.4, 0.5) is 5.95 Å². The quantitative estimate of drug-likeness (QED) is 0.889. The van der Waals surface area contributed by atoms with Crippen molar-refractivity contribution >= 4 is 17.5 Å². The number of hydrogen-bond acceptors (Lipinski definition) is 4. The molecule has 2 N–H and O–H groups in total. The third kappa shape index (κ3) is 2.31. The van der Waals surface area contributed by atoms with Gasteiger partial charge in [0.1, 0.15) is 5.75 Å². The molecule has 0 saturated heterocycles. The molecule has 88 valence electrons. The highest BCUT2D eigenvalue weighted by Gasteiger charge is 2.10. The highest BCUT2D eigenvalue weighted by molar-refractivity contribution is 6.31. The Morgan fingerprint density at radius 3 is 2.76 bits per heavy atom. The highest BCUT2D eigenvalue weighted by Crippen LogP contribution is 2.33. The molecule has 0 aliphatic carbocycles. The summed E-state index contributed by atoms with van der Waals surface area (Å²) in [6, 6.07) is 5.45. The number of nitrogens with zero attached hydrogens (tertiary/aromatic N) is 2. The van der Waals surface area contributed by atoms with E-state index < -0.39 is 0 Å². The number of aromatic nitrogens is 2. The van der Waals surface area contributed by atoms with Crippen molar-refractivity contribution < 1.29 is 4.74 Å². The SMILES string of the molecule is COc1cc(C)c(Cl)cc1-c1ccnc(N)n1. The standard InChI is InChI=1S/C12H12ClN3O/c1-7-5-11(17-2)8(6-9(7)13)10-3-4-15-12(14)16-10/h3-6H,1-2H3,(H2,14,15,16). The zero-order valence-corrected chi connectivity index (χ0v) is 10.3. The van der Waals surface area contributed by atoms with Crippen molar-refractivity contribution in [2.24, 2.45) is 0 Å². The van der Waals surface area contributed by atoms with Gasteiger partial charge in [0.05, 0.1) is 12.8 Å². The van der Waals surface area contributed by atoms with E-state index in [2.05, 4.69) is 9.97 Å². The number of halogens is 1. The summed E-state index contributed by atoms with van der Waals surface area (Å²) in [6.07, 6.45) is 1.60. The molecule has 17 heavy (non-hydrogen) atoms. The van der Waals surface area contributed by atoms with Crippen molar-refractivity contribution in [3.63, 3.8) is 0 Å². The normalized spacial score (nSPS) is 10.3. The van der Waals surface area contributed by atoms with Crippen molar-refractivity contribution in [1.82, 2.24) is 9.97 Å². The predicted molar refractivity (Wildman–Crippen MR) is 68.2 cm³/mol. The van der Waals surface area contributed by atoms with Crippen molar-refractivity contribution in [3.8, 4) is 17.0 Å². The molecular weight excluding hydrogens is 238 g/mol. The molecule has 4 nitrogen and oxygen atoms in total. The summed E-state index contributed by atoms with van der Waals surface area (Å²) in [6.45, 7) is 1.92. The van der Waals surface area contributed by atoms with E-state index in [0.717, 1.165) is 11.1 Å². The van der Waals surface area contributed by atoms with Crippen LogP contribution in [0.1, 0.15) is 5.56 Å². The van der Waals surface area contributed by atoms with E-state index in [4.69, 9.17) is 22.1 Å². The maximum absolute atomic E-state index is 6.10. The first-order chi connectivity index (χ1) is 8.11. The minimum Gasteiger partial charge on any atom is -0.496 e. The van der Waals surface area contributed by atoms with Crippen LogP contribution < -0.4 is 10.5 Å². The van der Waals surface area contributed by atoms with Crippen molar-refractivity contribution in [1.29, 1.82) is 0 Å². The lowest BCUT2D eigenvalue weighted by molar-refractivity contribution is 0.416. The third-order valence-electron chi connectivity index (χ3n) is 2.43. The number of methoxy groups -OCH3 is 1. The molecule has 0 aliphatic heterocycles. The second kappa shape index (κ2) is 4.59. The van der Waals surface area contributed by atoms with Gasteiger partial charge in [-0.05, 0) is 30.7 Å². The van der Waals surface area contributed by atoms with Crippen molar-refractivity contribution in [2.75, 3.05) is 12.8 Å². The maximum atomic E-state index is 6.10. The van der Waals surface area contributed by atoms with Gasteiger partial charge in [-0.25, -0.2) is 9.97 Å². The van der Waals surface area contributed by atoms with Gasteiger partial charge in [0.25, 0.3) is 0 Å². The Labute approximate surface area is 104 Å². The molecule has 0 spiro atoms. The molecule has 0 aliphatic rings. The zero-order valence-electron chi connectivity index (χ0n) is 9.57. The molecule has 1 aromatic heterocycles. The largest absolute Gasteiger partial charge is 0.496 e. The van der Waals surface area contributed by atoms with Gasteiger partial charge in [0, 0.05) is 16.8 Å². The highest BCUT2D eigenvalue weighted by atomic mass is 35.5. The zero-order chi connectivity index (χ0) is 12.4. The molecule has 0 bridgehead atoms. The second-order valence-corrected chi connectivity index (χ2v) is 4.01. The van der Waals surface area contributed by atoms with E-state index in [1.54, 1.807) is 19.4 Å². The van der Waals surface area contributed by atoms with Crippen LogP contribution in [0.5, 0.6) is 5.75 Å². The Balaban J connectivity index is 2.62. The molecule has 0 amide bonds. The van der Waals surface area contributed by atoms with Gasteiger partial charge < -0.3 is 10.5 Å². The summed E-state index contributed by atoms with van der Waals surface area (Å²) < 4.78 is 5.32. The van der Waals surface area contributed by atoms with E-state index >= 15 is 0 Å². The molecule has 0 atom stereocenters. The van der Waals surface area contributed by atoms with Crippen LogP contribution in [0, 0.1) is 6.92 Å². The molecule has 0 saturated carbocycles. The van der Waals surface area contributed by atoms with Gasteiger partial charge in [-0.15, -0.1) is 0 Å². The smallest absolute Gasteiger partial charge is 0.220 e. The minimum atomic E-state index is 0.223. The number of aryl methyl sites for hydroxylation is 1. The Bertz CT molecular complexity index is 557. The fourth-order valence-corrected chi connectivity index (χ4v) is 1.71. The Morgan fingerprint density at radius 1 is 1.35 bits per heavy atom. The van der Waals surface area contributed by atoms with E-state index in [9.17, 15) is 0 Å². The topological polar surface area (TPSA) is 61.0 Å². The number of nitrogens with two attached hydrogens (primary N) is 1. The van der Waals surface area contributed by atoms with Gasteiger partial charge in [-0.3, -0.25) is 0 Å². The molecule has 5 heteroatoms. The summed E-state index contributed by atoms with van der Waals surface area (Å²) >= 11 is 6.10. The van der Waals surface area contributed by atoms with Crippen LogP contribution in [0.2, 0.25) is 5.02 Å². The van der Waals surface area contributed by atoms with Crippen LogP contribution in [-0.4, -0.2) is 17.1 Å². The molecule has 2 aromatic rings. The minimum absolute atomic E-state index is 0.223. The summed E-state index contributed by atoms with van der Waals surface area (Å²) in [5.74, 6) is 0.936. The molecule has 0 fully saturated rings. The first-order valence-corrected chi connectivity index (χ1v) is 5.42. The van der Waals surface area contributed by atoms with Crippen LogP contribution in [0.3, 0.4) is 0 Å². The lowest BCUT2D eigenvalue weighted by atomic mass is 10.1. The lowest BCUT2D eigenvalue weighted by Crippen LogP contribution is -1.97. The van der Waals surface area contributed by atoms with Crippen LogP contribution >= 0.6 is 11.6 Å². The second-order valence-electron chi connectivity index (χ2n) is 3.60. The lowest BCUT2D eigenvalue weighted by Gasteiger charge is -2.10. The monoisotopic (exact) mass is 249 g/mol. The number of rotatable bonds is 2. The van der Waals surface area contributed by atoms with Crippen LogP contribution in [0.25, 0.3) is 11.3 Å². The van der Waals surface area contributed by atoms with E-state index in [0.29, 0.717) is 16.5 Å². The number of nitrogen functional groups attached to an aromatic ring is 1. The van der Waals surface area contributed by atoms with Gasteiger partial charge >= 0.3 is 0 Å². The first-order valence-electron chi connectivity index (χ1n) is 5.05. The van der Waals surface area contributed by atoms with Gasteiger partial charge in [0.15, 0.2) is 0 Å². The number of benzene rings is 1. The number of anilines is 1. The fourth-order valence-electron chi connectivity index (χ4n) is 1.55. The Hall–Kier alpha value is -1.81. The predicted octanol–water partition coefficient (Wildman–Crippen LogP) is 2.70. The molecule has 2 rings (SSSR count). The van der Waals surface area contributed by atoms with Gasteiger partial charge in [0.2, 0.25) is 5.95 Å². The summed E-state index contributed by atoms with van der Waals surface area (Å²) in [5.41, 5.74) is 8.01. The number of ether oxygens (including phenoxy) is 1.